The normalized spacial score (nSPS) is 11.4. The lowest BCUT2D eigenvalue weighted by atomic mass is 10.2. The van der Waals surface area contributed by atoms with Crippen LogP contribution in [-0.4, -0.2) is 21.2 Å². The molecule has 0 fully saturated rings. The van der Waals surface area contributed by atoms with Crippen LogP contribution in [-0.2, 0) is 0 Å². The fourth-order valence-corrected chi connectivity index (χ4v) is 2.68. The van der Waals surface area contributed by atoms with Gasteiger partial charge in [-0.3, -0.25) is 9.78 Å². The zero-order valence-corrected chi connectivity index (χ0v) is 14.5. The molecule has 0 aliphatic carbocycles. The van der Waals surface area contributed by atoms with Crippen molar-refractivity contribution in [3.05, 3.63) is 83.4 Å². The molecule has 0 saturated heterocycles. The molecule has 0 unspecified atom stereocenters. The summed E-state index contributed by atoms with van der Waals surface area (Å²) in [6.07, 6.45) is 3.41. The van der Waals surface area contributed by atoms with Crippen molar-refractivity contribution in [1.82, 2.24) is 15.0 Å². The van der Waals surface area contributed by atoms with E-state index in [1.165, 1.54) is 0 Å². The SMILES string of the molecule is C/C(=N\NC(=O)c1ccc(-n2c(C)ccc2C)cc1)c1cccnc1. The molecule has 2 aromatic heterocycles. The number of pyridine rings is 1. The summed E-state index contributed by atoms with van der Waals surface area (Å²) in [4.78, 5) is 16.3. The number of aryl methyl sites for hydroxylation is 2. The number of hydrazone groups is 1. The fraction of sp³-hybridized carbons (Fsp3) is 0.150. The molecular formula is C20H20N4O. The van der Waals surface area contributed by atoms with E-state index >= 15 is 0 Å². The number of carbonyl (C=O) groups is 1. The Morgan fingerprint density at radius 2 is 1.68 bits per heavy atom. The van der Waals surface area contributed by atoms with Crippen molar-refractivity contribution in [3.8, 4) is 5.69 Å². The van der Waals surface area contributed by atoms with Crippen LogP contribution in [0.15, 0.2) is 66.0 Å². The molecule has 0 aliphatic rings. The van der Waals surface area contributed by atoms with Crippen molar-refractivity contribution >= 4 is 11.6 Å². The maximum Gasteiger partial charge on any atom is 0.271 e. The largest absolute Gasteiger partial charge is 0.319 e. The first kappa shape index (κ1) is 16.6. The summed E-state index contributed by atoms with van der Waals surface area (Å²) in [6, 6.07) is 15.4. The number of nitrogens with one attached hydrogen (secondary N) is 1. The van der Waals surface area contributed by atoms with Crippen LogP contribution in [0.1, 0.15) is 34.2 Å². The van der Waals surface area contributed by atoms with Crippen LogP contribution in [0.4, 0.5) is 0 Å². The monoisotopic (exact) mass is 332 g/mol. The van der Waals surface area contributed by atoms with Gasteiger partial charge in [-0.2, -0.15) is 5.10 Å². The molecule has 0 radical (unpaired) electrons. The molecule has 0 aliphatic heterocycles. The van der Waals surface area contributed by atoms with Gasteiger partial charge in [-0.15, -0.1) is 0 Å². The summed E-state index contributed by atoms with van der Waals surface area (Å²) < 4.78 is 2.15. The fourth-order valence-electron chi connectivity index (χ4n) is 2.68. The van der Waals surface area contributed by atoms with Crippen molar-refractivity contribution in [3.63, 3.8) is 0 Å². The lowest BCUT2D eigenvalue weighted by molar-refractivity contribution is 0.0955. The number of aromatic nitrogens is 2. The predicted molar refractivity (Wildman–Crippen MR) is 99.2 cm³/mol. The minimum Gasteiger partial charge on any atom is -0.319 e. The molecule has 3 rings (SSSR count). The third-order valence-corrected chi connectivity index (χ3v) is 4.06. The molecule has 5 heteroatoms. The number of nitrogens with zero attached hydrogens (tertiary/aromatic N) is 3. The molecule has 0 bridgehead atoms. The average molecular weight is 332 g/mol. The van der Waals surface area contributed by atoms with Crippen LogP contribution in [0.5, 0.6) is 0 Å². The standard InChI is InChI=1S/C20H20N4O/c1-14-6-7-15(2)24(14)19-10-8-17(9-11-19)20(25)23-22-16(3)18-5-4-12-21-13-18/h4-13H,1-3H3,(H,23,25)/b22-16+. The van der Waals surface area contributed by atoms with Crippen molar-refractivity contribution in [2.24, 2.45) is 5.10 Å². The van der Waals surface area contributed by atoms with Gasteiger partial charge in [0.15, 0.2) is 0 Å². The van der Waals surface area contributed by atoms with E-state index in [-0.39, 0.29) is 5.91 Å². The van der Waals surface area contributed by atoms with E-state index < -0.39 is 0 Å². The molecule has 25 heavy (non-hydrogen) atoms. The maximum atomic E-state index is 12.3. The zero-order valence-electron chi connectivity index (χ0n) is 14.5. The number of hydrogen-bond donors (Lipinski definition) is 1. The highest BCUT2D eigenvalue weighted by atomic mass is 16.2. The van der Waals surface area contributed by atoms with Gasteiger partial charge < -0.3 is 4.57 Å². The van der Waals surface area contributed by atoms with Gasteiger partial charge in [-0.05, 0) is 63.2 Å². The Labute approximate surface area is 147 Å². The number of amides is 1. The second kappa shape index (κ2) is 7.13. The number of rotatable bonds is 4. The third kappa shape index (κ3) is 3.66. The van der Waals surface area contributed by atoms with Crippen LogP contribution in [0, 0.1) is 13.8 Å². The van der Waals surface area contributed by atoms with E-state index in [0.29, 0.717) is 11.3 Å². The van der Waals surface area contributed by atoms with E-state index in [0.717, 1.165) is 22.6 Å². The van der Waals surface area contributed by atoms with Crippen LogP contribution < -0.4 is 5.43 Å². The first-order chi connectivity index (χ1) is 12.1. The highest BCUT2D eigenvalue weighted by Gasteiger charge is 2.08. The highest BCUT2D eigenvalue weighted by Crippen LogP contribution is 2.16. The third-order valence-electron chi connectivity index (χ3n) is 4.06. The van der Waals surface area contributed by atoms with E-state index in [4.69, 9.17) is 0 Å². The van der Waals surface area contributed by atoms with Crippen LogP contribution >= 0.6 is 0 Å². The molecule has 1 amide bonds. The van der Waals surface area contributed by atoms with Gasteiger partial charge >= 0.3 is 0 Å². The molecule has 1 N–H and O–H groups in total. The van der Waals surface area contributed by atoms with Gasteiger partial charge in [0.2, 0.25) is 0 Å². The van der Waals surface area contributed by atoms with Crippen LogP contribution in [0.25, 0.3) is 5.69 Å². The van der Waals surface area contributed by atoms with E-state index in [1.54, 1.807) is 24.5 Å². The number of carbonyl (C=O) groups excluding carboxylic acids is 1. The minimum atomic E-state index is -0.240. The maximum absolute atomic E-state index is 12.3. The summed E-state index contributed by atoms with van der Waals surface area (Å²) in [5.74, 6) is -0.240. The second-order valence-corrected chi connectivity index (χ2v) is 5.88. The van der Waals surface area contributed by atoms with E-state index in [9.17, 15) is 4.79 Å². The number of hydrogen-bond acceptors (Lipinski definition) is 3. The minimum absolute atomic E-state index is 0.240. The molecule has 0 atom stereocenters. The Hall–Kier alpha value is -3.21. The molecule has 0 saturated carbocycles. The molecule has 126 valence electrons. The van der Waals surface area contributed by atoms with Crippen molar-refractivity contribution in [1.29, 1.82) is 0 Å². The summed E-state index contributed by atoms with van der Waals surface area (Å²) in [5.41, 5.74) is 8.08. The van der Waals surface area contributed by atoms with Crippen LogP contribution in [0.2, 0.25) is 0 Å². The lowest BCUT2D eigenvalue weighted by Gasteiger charge is -2.10. The average Bonchev–Trinajstić information content (AvgIpc) is 2.98. The quantitative estimate of drug-likeness (QED) is 0.586. The Bertz CT molecular complexity index is 889. The first-order valence-corrected chi connectivity index (χ1v) is 8.06. The summed E-state index contributed by atoms with van der Waals surface area (Å²) in [7, 11) is 0. The van der Waals surface area contributed by atoms with Crippen molar-refractivity contribution in [2.45, 2.75) is 20.8 Å². The first-order valence-electron chi connectivity index (χ1n) is 8.06. The zero-order chi connectivity index (χ0) is 17.8. The molecule has 3 aromatic rings. The van der Waals surface area contributed by atoms with Gasteiger partial charge in [-0.1, -0.05) is 6.07 Å². The molecule has 1 aromatic carbocycles. The molecule has 0 spiro atoms. The van der Waals surface area contributed by atoms with Gasteiger partial charge in [0.1, 0.15) is 0 Å². The Balaban J connectivity index is 1.73. The van der Waals surface area contributed by atoms with E-state index in [1.807, 2.05) is 31.2 Å². The van der Waals surface area contributed by atoms with Crippen LogP contribution in [0.3, 0.4) is 0 Å². The van der Waals surface area contributed by atoms with Crippen molar-refractivity contribution < 1.29 is 4.79 Å². The lowest BCUT2D eigenvalue weighted by Crippen LogP contribution is -2.19. The van der Waals surface area contributed by atoms with E-state index in [2.05, 4.69) is 46.1 Å². The second-order valence-electron chi connectivity index (χ2n) is 5.88. The topological polar surface area (TPSA) is 59.3 Å². The molecular weight excluding hydrogens is 312 g/mol. The Morgan fingerprint density at radius 3 is 2.28 bits per heavy atom. The van der Waals surface area contributed by atoms with Gasteiger partial charge in [-0.25, -0.2) is 5.43 Å². The molecule has 5 nitrogen and oxygen atoms in total. The van der Waals surface area contributed by atoms with Crippen molar-refractivity contribution in [2.75, 3.05) is 0 Å². The summed E-state index contributed by atoms with van der Waals surface area (Å²) in [5, 5.41) is 4.14. The predicted octanol–water partition coefficient (Wildman–Crippen LogP) is 3.64. The van der Waals surface area contributed by atoms with Gasteiger partial charge in [0.25, 0.3) is 5.91 Å². The van der Waals surface area contributed by atoms with Gasteiger partial charge in [0.05, 0.1) is 5.71 Å². The smallest absolute Gasteiger partial charge is 0.271 e. The summed E-state index contributed by atoms with van der Waals surface area (Å²) >= 11 is 0. The molecule has 2 heterocycles. The Kier molecular flexibility index (Phi) is 4.75. The highest BCUT2D eigenvalue weighted by molar-refractivity contribution is 6.00. The van der Waals surface area contributed by atoms with Gasteiger partial charge in [0, 0.05) is 40.6 Å². The summed E-state index contributed by atoms with van der Waals surface area (Å²) in [6.45, 7) is 5.95. The number of benzene rings is 1. The Morgan fingerprint density at radius 1 is 1.00 bits per heavy atom.